The van der Waals surface area contributed by atoms with Crippen LogP contribution in [0.1, 0.15) is 24.0 Å². The molecule has 0 saturated carbocycles. The average Bonchev–Trinajstić information content (AvgIpc) is 2.35. The van der Waals surface area contributed by atoms with Crippen molar-refractivity contribution in [2.45, 2.75) is 25.7 Å². The van der Waals surface area contributed by atoms with Crippen LogP contribution in [-0.4, -0.2) is 19.4 Å². The van der Waals surface area contributed by atoms with Crippen LogP contribution in [-0.2, 0) is 12.8 Å². The highest BCUT2D eigenvalue weighted by atomic mass is 16.5. The molecule has 0 N–H and O–H groups in total. The van der Waals surface area contributed by atoms with Crippen molar-refractivity contribution in [3.63, 3.8) is 0 Å². The number of nitrogens with zero attached hydrogens (tertiary/aromatic N) is 1. The van der Waals surface area contributed by atoms with Crippen LogP contribution in [0.3, 0.4) is 0 Å². The summed E-state index contributed by atoms with van der Waals surface area (Å²) >= 11 is 0. The van der Waals surface area contributed by atoms with Gasteiger partial charge in [-0.05, 0) is 42.5 Å². The molecule has 2 aliphatic rings. The average molecular weight is 215 g/mol. The molecular weight excluding hydrogens is 198 g/mol. The smallest absolute Gasteiger partial charge is 0.119 e. The zero-order valence-electron chi connectivity index (χ0n) is 9.70. The van der Waals surface area contributed by atoms with E-state index < -0.39 is 0 Å². The van der Waals surface area contributed by atoms with Crippen LogP contribution in [0.25, 0.3) is 0 Å². The number of fused-ring (bicyclic) bond motifs is 2. The van der Waals surface area contributed by atoms with Crippen molar-refractivity contribution in [1.82, 2.24) is 0 Å². The van der Waals surface area contributed by atoms with Crippen molar-refractivity contribution in [2.24, 2.45) is 10.9 Å². The van der Waals surface area contributed by atoms with Gasteiger partial charge in [0.2, 0.25) is 0 Å². The Bertz CT molecular complexity index is 436. The molecule has 1 aliphatic carbocycles. The second kappa shape index (κ2) is 3.93. The van der Waals surface area contributed by atoms with Crippen LogP contribution < -0.4 is 4.74 Å². The maximum Gasteiger partial charge on any atom is 0.119 e. The molecule has 1 atom stereocenters. The molecule has 2 nitrogen and oxygen atoms in total. The van der Waals surface area contributed by atoms with E-state index in [1.807, 2.05) is 0 Å². The van der Waals surface area contributed by atoms with Crippen LogP contribution in [0.5, 0.6) is 5.75 Å². The van der Waals surface area contributed by atoms with E-state index >= 15 is 0 Å². The highest BCUT2D eigenvalue weighted by molar-refractivity contribution is 5.91. The lowest BCUT2D eigenvalue weighted by atomic mass is 9.79. The number of rotatable bonds is 1. The van der Waals surface area contributed by atoms with Crippen molar-refractivity contribution < 1.29 is 4.74 Å². The van der Waals surface area contributed by atoms with E-state index in [2.05, 4.69) is 23.2 Å². The first-order valence-electron chi connectivity index (χ1n) is 6.06. The molecule has 1 aromatic rings. The topological polar surface area (TPSA) is 21.6 Å². The van der Waals surface area contributed by atoms with Crippen LogP contribution in [0.4, 0.5) is 0 Å². The van der Waals surface area contributed by atoms with E-state index in [9.17, 15) is 0 Å². The fourth-order valence-corrected chi connectivity index (χ4v) is 2.83. The van der Waals surface area contributed by atoms with Crippen molar-refractivity contribution >= 4 is 5.71 Å². The van der Waals surface area contributed by atoms with Crippen molar-refractivity contribution in [3.05, 3.63) is 29.3 Å². The molecule has 0 bridgehead atoms. The Morgan fingerprint density at radius 1 is 1.31 bits per heavy atom. The summed E-state index contributed by atoms with van der Waals surface area (Å²) in [5, 5.41) is 0. The number of aliphatic imine (C=N–C) groups is 1. The number of hydrogen-bond donors (Lipinski definition) is 0. The number of benzene rings is 1. The van der Waals surface area contributed by atoms with E-state index in [0.29, 0.717) is 0 Å². The third kappa shape index (κ3) is 1.62. The number of ether oxygens (including phenoxy) is 1. The second-order valence-corrected chi connectivity index (χ2v) is 4.73. The predicted molar refractivity (Wildman–Crippen MR) is 65.4 cm³/mol. The van der Waals surface area contributed by atoms with Gasteiger partial charge in [-0.1, -0.05) is 6.07 Å². The lowest BCUT2D eigenvalue weighted by Gasteiger charge is -2.29. The molecule has 3 rings (SSSR count). The normalized spacial score (nSPS) is 23.1. The van der Waals surface area contributed by atoms with E-state index in [0.717, 1.165) is 24.6 Å². The molecule has 2 heteroatoms. The Morgan fingerprint density at radius 3 is 3.12 bits per heavy atom. The minimum atomic E-state index is 0.717. The minimum Gasteiger partial charge on any atom is -0.497 e. The highest BCUT2D eigenvalue weighted by Gasteiger charge is 2.26. The third-order valence-corrected chi connectivity index (χ3v) is 3.75. The summed E-state index contributed by atoms with van der Waals surface area (Å²) in [4.78, 5) is 4.68. The van der Waals surface area contributed by atoms with E-state index in [4.69, 9.17) is 4.74 Å². The maximum atomic E-state index is 5.28. The van der Waals surface area contributed by atoms with Gasteiger partial charge in [-0.3, -0.25) is 4.99 Å². The molecule has 1 aliphatic heterocycles. The van der Waals surface area contributed by atoms with Crippen LogP contribution >= 0.6 is 0 Å². The summed E-state index contributed by atoms with van der Waals surface area (Å²) in [6, 6.07) is 6.46. The maximum absolute atomic E-state index is 5.28. The van der Waals surface area contributed by atoms with Gasteiger partial charge in [0.15, 0.2) is 0 Å². The van der Waals surface area contributed by atoms with Gasteiger partial charge in [0.25, 0.3) is 0 Å². The monoisotopic (exact) mass is 215 g/mol. The fourth-order valence-electron chi connectivity index (χ4n) is 2.83. The Morgan fingerprint density at radius 2 is 2.25 bits per heavy atom. The van der Waals surface area contributed by atoms with E-state index in [-0.39, 0.29) is 0 Å². The van der Waals surface area contributed by atoms with Crippen LogP contribution in [0.2, 0.25) is 0 Å². The van der Waals surface area contributed by atoms with Gasteiger partial charge in [0, 0.05) is 24.6 Å². The van der Waals surface area contributed by atoms with Gasteiger partial charge in [0.05, 0.1) is 7.11 Å². The first-order chi connectivity index (χ1) is 7.86. The summed E-state index contributed by atoms with van der Waals surface area (Å²) < 4.78 is 5.28. The zero-order valence-corrected chi connectivity index (χ0v) is 9.70. The molecule has 16 heavy (non-hydrogen) atoms. The molecule has 84 valence electrons. The van der Waals surface area contributed by atoms with Crippen LogP contribution in [0.15, 0.2) is 23.2 Å². The van der Waals surface area contributed by atoms with Gasteiger partial charge in [-0.25, -0.2) is 0 Å². The Kier molecular flexibility index (Phi) is 2.43. The van der Waals surface area contributed by atoms with Gasteiger partial charge in [-0.15, -0.1) is 0 Å². The number of methoxy groups -OCH3 is 1. The Balaban J connectivity index is 1.96. The SMILES string of the molecule is COc1ccc2c(c1)CC1=NCCCC1C2. The molecule has 0 radical (unpaired) electrons. The molecule has 1 aromatic carbocycles. The van der Waals surface area contributed by atoms with Crippen molar-refractivity contribution in [1.29, 1.82) is 0 Å². The largest absolute Gasteiger partial charge is 0.497 e. The molecule has 0 aromatic heterocycles. The van der Waals surface area contributed by atoms with Gasteiger partial charge >= 0.3 is 0 Å². The summed E-state index contributed by atoms with van der Waals surface area (Å²) in [5.41, 5.74) is 4.33. The summed E-state index contributed by atoms with van der Waals surface area (Å²) in [6.07, 6.45) is 4.80. The first kappa shape index (κ1) is 9.88. The lowest BCUT2D eigenvalue weighted by molar-refractivity contribution is 0.413. The standard InChI is InChI=1S/C14H17NO/c1-16-13-5-4-10-7-11-3-2-6-15-14(11)9-12(10)8-13/h4-5,8,11H,2-3,6-7,9H2,1H3. The third-order valence-electron chi connectivity index (χ3n) is 3.75. The zero-order chi connectivity index (χ0) is 11.0. The Hall–Kier alpha value is -1.31. The predicted octanol–water partition coefficient (Wildman–Crippen LogP) is 2.64. The molecular formula is C14H17NO. The second-order valence-electron chi connectivity index (χ2n) is 4.73. The van der Waals surface area contributed by atoms with E-state index in [1.165, 1.54) is 36.1 Å². The highest BCUT2D eigenvalue weighted by Crippen LogP contribution is 2.31. The van der Waals surface area contributed by atoms with Gasteiger partial charge < -0.3 is 4.74 Å². The van der Waals surface area contributed by atoms with Gasteiger partial charge in [-0.2, -0.15) is 0 Å². The summed E-state index contributed by atoms with van der Waals surface area (Å²) in [5.74, 6) is 1.68. The quantitative estimate of drug-likeness (QED) is 0.705. The van der Waals surface area contributed by atoms with E-state index in [1.54, 1.807) is 7.11 Å². The molecule has 0 saturated heterocycles. The molecule has 1 heterocycles. The van der Waals surface area contributed by atoms with Crippen LogP contribution in [0, 0.1) is 5.92 Å². The summed E-state index contributed by atoms with van der Waals surface area (Å²) in [7, 11) is 1.73. The molecule has 0 fully saturated rings. The minimum absolute atomic E-state index is 0.717. The Labute approximate surface area is 96.3 Å². The van der Waals surface area contributed by atoms with Crippen molar-refractivity contribution in [2.75, 3.05) is 13.7 Å². The molecule has 1 unspecified atom stereocenters. The first-order valence-corrected chi connectivity index (χ1v) is 6.06. The lowest BCUT2D eigenvalue weighted by Crippen LogP contribution is -2.28. The number of hydrogen-bond acceptors (Lipinski definition) is 2. The molecule has 0 spiro atoms. The fraction of sp³-hybridized carbons (Fsp3) is 0.500. The van der Waals surface area contributed by atoms with Crippen molar-refractivity contribution in [3.8, 4) is 5.75 Å². The summed E-state index contributed by atoms with van der Waals surface area (Å²) in [6.45, 7) is 1.03. The molecule has 0 amide bonds. The van der Waals surface area contributed by atoms with Gasteiger partial charge in [0.1, 0.15) is 5.75 Å².